The fourth-order valence-corrected chi connectivity index (χ4v) is 7.51. The molecule has 0 aliphatic heterocycles. The average molecular weight is 318 g/mol. The summed E-state index contributed by atoms with van der Waals surface area (Å²) in [5.41, 5.74) is 0.704. The largest absolute Gasteiger partial charge is 0.481 e. The van der Waals surface area contributed by atoms with E-state index in [1.807, 2.05) is 6.92 Å². The van der Waals surface area contributed by atoms with Gasteiger partial charge in [0.05, 0.1) is 11.5 Å². The first-order valence-electron chi connectivity index (χ1n) is 9.33. The second-order valence-electron chi connectivity index (χ2n) is 9.49. The van der Waals surface area contributed by atoms with Gasteiger partial charge in [0.2, 0.25) is 0 Å². The number of hydrogen-bond acceptors (Lipinski definition) is 2. The van der Waals surface area contributed by atoms with Crippen LogP contribution in [0.1, 0.15) is 65.2 Å². The van der Waals surface area contributed by atoms with Gasteiger partial charge in [0.1, 0.15) is 0 Å². The van der Waals surface area contributed by atoms with E-state index in [2.05, 4.69) is 13.5 Å². The molecule has 1 spiro atoms. The van der Waals surface area contributed by atoms with E-state index in [-0.39, 0.29) is 22.9 Å². The van der Waals surface area contributed by atoms with Crippen LogP contribution in [0.15, 0.2) is 12.2 Å². The highest BCUT2D eigenvalue weighted by molar-refractivity contribution is 5.75. The minimum atomic E-state index is -0.679. The van der Waals surface area contributed by atoms with Crippen LogP contribution in [0.3, 0.4) is 0 Å². The molecular weight excluding hydrogens is 288 g/mol. The van der Waals surface area contributed by atoms with Gasteiger partial charge in [-0.3, -0.25) is 4.79 Å². The van der Waals surface area contributed by atoms with Crippen molar-refractivity contribution in [3.05, 3.63) is 12.2 Å². The number of rotatable bonds is 1. The molecule has 0 saturated heterocycles. The van der Waals surface area contributed by atoms with Crippen molar-refractivity contribution in [1.82, 2.24) is 0 Å². The molecule has 4 fully saturated rings. The van der Waals surface area contributed by atoms with Crippen LogP contribution in [-0.4, -0.2) is 22.3 Å². The molecule has 3 nitrogen and oxygen atoms in total. The Labute approximate surface area is 139 Å². The second-order valence-corrected chi connectivity index (χ2v) is 9.49. The van der Waals surface area contributed by atoms with E-state index in [0.717, 1.165) is 38.5 Å². The van der Waals surface area contributed by atoms with Crippen LogP contribution in [-0.2, 0) is 4.79 Å². The van der Waals surface area contributed by atoms with E-state index in [9.17, 15) is 15.0 Å². The Kier molecular flexibility index (Phi) is 3.15. The topological polar surface area (TPSA) is 57.5 Å². The van der Waals surface area contributed by atoms with Gasteiger partial charge in [0.25, 0.3) is 0 Å². The molecule has 0 amide bonds. The number of carboxylic acids is 1. The lowest BCUT2D eigenvalue weighted by Gasteiger charge is -2.64. The third kappa shape index (κ3) is 1.78. The Balaban J connectivity index is 1.80. The molecule has 0 aromatic carbocycles. The third-order valence-corrected chi connectivity index (χ3v) is 8.64. The van der Waals surface area contributed by atoms with E-state index in [1.54, 1.807) is 0 Å². The van der Waals surface area contributed by atoms with Crippen LogP contribution in [0, 0.1) is 34.0 Å². The van der Waals surface area contributed by atoms with E-state index < -0.39 is 11.4 Å². The molecule has 7 atom stereocenters. The summed E-state index contributed by atoms with van der Waals surface area (Å²) in [5.74, 6) is 0.479. The summed E-state index contributed by atoms with van der Waals surface area (Å²) in [6.07, 6.45) is 7.57. The number of hydrogen-bond donors (Lipinski definition) is 2. The summed E-state index contributed by atoms with van der Waals surface area (Å²) < 4.78 is 0. The van der Waals surface area contributed by atoms with Crippen LogP contribution >= 0.6 is 0 Å². The fourth-order valence-electron chi connectivity index (χ4n) is 7.51. The zero-order valence-corrected chi connectivity index (χ0v) is 14.5. The summed E-state index contributed by atoms with van der Waals surface area (Å²) >= 11 is 0. The summed E-state index contributed by atoms with van der Waals surface area (Å²) in [5, 5.41) is 21.0. The van der Waals surface area contributed by atoms with Gasteiger partial charge < -0.3 is 10.2 Å². The highest BCUT2D eigenvalue weighted by Crippen LogP contribution is 2.72. The van der Waals surface area contributed by atoms with E-state index in [0.29, 0.717) is 18.3 Å². The van der Waals surface area contributed by atoms with Crippen LogP contribution < -0.4 is 0 Å². The molecule has 0 radical (unpaired) electrons. The smallest absolute Gasteiger partial charge is 0.309 e. The molecule has 0 aromatic heterocycles. The van der Waals surface area contributed by atoms with Crippen LogP contribution in [0.4, 0.5) is 0 Å². The van der Waals surface area contributed by atoms with Gasteiger partial charge in [-0.2, -0.15) is 0 Å². The standard InChI is InChI=1S/C20H30O3/c1-12-10-20-11-13(12)5-6-14(20)18(2)7-4-8-19(3,17(22)23)15(18)9-16(20)21/h13-16,21H,1,4-11H2,2-3H3,(H,22,23)/t13-,14+,15-,16+,18+,19+,20+/m1/s1. The van der Waals surface area contributed by atoms with Crippen molar-refractivity contribution in [2.45, 2.75) is 71.3 Å². The molecule has 2 bridgehead atoms. The lowest BCUT2D eigenvalue weighted by molar-refractivity contribution is -0.208. The van der Waals surface area contributed by atoms with Crippen molar-refractivity contribution in [2.75, 3.05) is 0 Å². The van der Waals surface area contributed by atoms with Gasteiger partial charge in [-0.25, -0.2) is 0 Å². The quantitative estimate of drug-likeness (QED) is 0.718. The highest BCUT2D eigenvalue weighted by Gasteiger charge is 2.67. The number of aliphatic carboxylic acids is 1. The third-order valence-electron chi connectivity index (χ3n) is 8.64. The Morgan fingerprint density at radius 3 is 2.65 bits per heavy atom. The van der Waals surface area contributed by atoms with E-state index in [1.165, 1.54) is 12.0 Å². The highest BCUT2D eigenvalue weighted by atomic mass is 16.4. The van der Waals surface area contributed by atoms with Gasteiger partial charge in [-0.15, -0.1) is 0 Å². The van der Waals surface area contributed by atoms with Crippen LogP contribution in [0.25, 0.3) is 0 Å². The number of aliphatic hydroxyl groups is 1. The van der Waals surface area contributed by atoms with Crippen LogP contribution in [0.5, 0.6) is 0 Å². The molecular formula is C20H30O3. The zero-order chi connectivity index (χ0) is 16.6. The number of carbonyl (C=O) groups is 1. The van der Waals surface area contributed by atoms with Crippen molar-refractivity contribution in [3.8, 4) is 0 Å². The van der Waals surface area contributed by atoms with Gasteiger partial charge in [0.15, 0.2) is 0 Å². The maximum atomic E-state index is 12.1. The zero-order valence-electron chi connectivity index (χ0n) is 14.5. The van der Waals surface area contributed by atoms with Crippen molar-refractivity contribution in [2.24, 2.45) is 34.0 Å². The normalized spacial score (nSPS) is 55.2. The Morgan fingerprint density at radius 1 is 1.22 bits per heavy atom. The minimum absolute atomic E-state index is 0.0119. The van der Waals surface area contributed by atoms with Gasteiger partial charge in [-0.1, -0.05) is 25.5 Å². The maximum Gasteiger partial charge on any atom is 0.309 e. The second kappa shape index (κ2) is 4.62. The first-order valence-corrected chi connectivity index (χ1v) is 9.33. The van der Waals surface area contributed by atoms with Crippen molar-refractivity contribution in [3.63, 3.8) is 0 Å². The molecule has 2 N–H and O–H groups in total. The molecule has 4 aliphatic carbocycles. The number of fused-ring (bicyclic) bond motifs is 3. The molecule has 3 heteroatoms. The Morgan fingerprint density at radius 2 is 1.96 bits per heavy atom. The number of carboxylic acid groups (broad SMARTS) is 1. The first kappa shape index (κ1) is 15.7. The van der Waals surface area contributed by atoms with Crippen molar-refractivity contribution < 1.29 is 15.0 Å². The summed E-state index contributed by atoms with van der Waals surface area (Å²) in [6.45, 7) is 8.57. The maximum absolute atomic E-state index is 12.1. The Hall–Kier alpha value is -0.830. The van der Waals surface area contributed by atoms with Gasteiger partial charge in [0, 0.05) is 5.41 Å². The molecule has 23 heavy (non-hydrogen) atoms. The molecule has 0 heterocycles. The monoisotopic (exact) mass is 318 g/mol. The molecule has 128 valence electrons. The summed E-state index contributed by atoms with van der Waals surface area (Å²) in [7, 11) is 0. The van der Waals surface area contributed by atoms with Gasteiger partial charge in [-0.05, 0) is 75.0 Å². The minimum Gasteiger partial charge on any atom is -0.481 e. The first-order chi connectivity index (χ1) is 10.7. The summed E-state index contributed by atoms with van der Waals surface area (Å²) in [6, 6.07) is 0. The SMILES string of the molecule is C=C1C[C@]23C[C@H]1CC[C@H]2[C@]1(C)CCC[C@](C)(C(=O)O)[C@@H]1C[C@@H]3O. The van der Waals surface area contributed by atoms with E-state index in [4.69, 9.17) is 0 Å². The van der Waals surface area contributed by atoms with Crippen molar-refractivity contribution >= 4 is 5.97 Å². The fraction of sp³-hybridized carbons (Fsp3) is 0.850. The molecule has 4 aliphatic rings. The molecule has 4 saturated carbocycles. The van der Waals surface area contributed by atoms with Gasteiger partial charge >= 0.3 is 5.97 Å². The predicted molar refractivity (Wildman–Crippen MR) is 88.8 cm³/mol. The van der Waals surface area contributed by atoms with Crippen LogP contribution in [0.2, 0.25) is 0 Å². The average Bonchev–Trinajstić information content (AvgIpc) is 2.73. The molecule has 0 unspecified atom stereocenters. The lowest BCUT2D eigenvalue weighted by atomic mass is 9.40. The summed E-state index contributed by atoms with van der Waals surface area (Å²) in [4.78, 5) is 12.1. The lowest BCUT2D eigenvalue weighted by Crippen LogP contribution is -2.62. The predicted octanol–water partition coefficient (Wildman–Crippen LogP) is 4.01. The molecule has 0 aromatic rings. The van der Waals surface area contributed by atoms with Crippen molar-refractivity contribution in [1.29, 1.82) is 0 Å². The van der Waals surface area contributed by atoms with E-state index >= 15 is 0 Å². The molecule has 4 rings (SSSR count). The number of allylic oxidation sites excluding steroid dienone is 1. The Bertz CT molecular complexity index is 569. The number of aliphatic hydroxyl groups excluding tert-OH is 1.